The number of benzene rings is 1. The number of nitrogens with one attached hydrogen (secondary N) is 2. The van der Waals surface area contributed by atoms with Gasteiger partial charge in [-0.3, -0.25) is 0 Å². The van der Waals surface area contributed by atoms with E-state index >= 15 is 0 Å². The maximum Gasteiger partial charge on any atom is 0.315 e. The Kier molecular flexibility index (Phi) is 5.92. The number of aromatic nitrogens is 3. The van der Waals surface area contributed by atoms with Gasteiger partial charge >= 0.3 is 6.03 Å². The maximum absolute atomic E-state index is 12.2. The fourth-order valence-electron chi connectivity index (χ4n) is 2.58. The van der Waals surface area contributed by atoms with Crippen molar-refractivity contribution in [2.24, 2.45) is 0 Å². The van der Waals surface area contributed by atoms with Gasteiger partial charge in [-0.2, -0.15) is 5.10 Å². The summed E-state index contributed by atoms with van der Waals surface area (Å²) in [5.41, 5.74) is 1.29. The molecule has 24 heavy (non-hydrogen) atoms. The lowest BCUT2D eigenvalue weighted by atomic mass is 9.97. The van der Waals surface area contributed by atoms with Crippen LogP contribution in [0.2, 0.25) is 0 Å². The first-order chi connectivity index (χ1) is 11.5. The molecule has 0 radical (unpaired) electrons. The molecule has 1 aromatic carbocycles. The second-order valence-corrected chi connectivity index (χ2v) is 6.22. The normalized spacial score (nSPS) is 14.7. The van der Waals surface area contributed by atoms with E-state index in [-0.39, 0.29) is 18.7 Å². The lowest BCUT2D eigenvalue weighted by Gasteiger charge is -2.29. The minimum atomic E-state index is -0.602. The molecule has 0 aliphatic heterocycles. The van der Waals surface area contributed by atoms with Crippen molar-refractivity contribution < 1.29 is 9.90 Å². The van der Waals surface area contributed by atoms with E-state index in [1.807, 2.05) is 45.0 Å². The lowest BCUT2D eigenvalue weighted by molar-refractivity contribution is 0.162. The smallest absolute Gasteiger partial charge is 0.315 e. The largest absolute Gasteiger partial charge is 0.394 e. The van der Waals surface area contributed by atoms with Crippen LogP contribution in [0.15, 0.2) is 36.9 Å². The highest BCUT2D eigenvalue weighted by molar-refractivity contribution is 5.75. The monoisotopic (exact) mass is 331 g/mol. The number of amides is 2. The van der Waals surface area contributed by atoms with E-state index in [0.29, 0.717) is 0 Å². The molecule has 0 saturated carbocycles. The molecule has 7 heteroatoms. The minimum absolute atomic E-state index is 0.0881. The Balaban J connectivity index is 1.96. The van der Waals surface area contributed by atoms with Gasteiger partial charge < -0.3 is 15.7 Å². The number of aliphatic hydroxyl groups is 1. The fourth-order valence-corrected chi connectivity index (χ4v) is 2.58. The molecule has 0 fully saturated rings. The Hall–Kier alpha value is -2.41. The number of aliphatic hydroxyl groups excluding tert-OH is 1. The first-order valence-corrected chi connectivity index (χ1v) is 8.12. The molecule has 0 spiro atoms. The van der Waals surface area contributed by atoms with Crippen molar-refractivity contribution in [2.45, 2.75) is 45.2 Å². The molecule has 7 nitrogen and oxygen atoms in total. The third-order valence-electron chi connectivity index (χ3n) is 3.99. The molecule has 0 aliphatic carbocycles. The predicted molar refractivity (Wildman–Crippen MR) is 91.8 cm³/mol. The molecule has 3 N–H and O–H groups in total. The maximum atomic E-state index is 12.2. The first-order valence-electron chi connectivity index (χ1n) is 8.12. The van der Waals surface area contributed by atoms with Gasteiger partial charge in [0.1, 0.15) is 12.7 Å². The fraction of sp³-hybridized carbons (Fsp3) is 0.471. The SMILES string of the molecule is CCCC(C)(CO)NC(=O)NC(C)c1ccc(-n2cncn2)cc1. The Morgan fingerprint density at radius 1 is 1.38 bits per heavy atom. The summed E-state index contributed by atoms with van der Waals surface area (Å²) in [7, 11) is 0. The summed E-state index contributed by atoms with van der Waals surface area (Å²) >= 11 is 0. The number of hydrogen-bond donors (Lipinski definition) is 3. The molecule has 1 heterocycles. The van der Waals surface area contributed by atoms with E-state index in [2.05, 4.69) is 20.7 Å². The van der Waals surface area contributed by atoms with E-state index < -0.39 is 5.54 Å². The molecular formula is C17H25N5O2. The average Bonchev–Trinajstić information content (AvgIpc) is 3.09. The van der Waals surface area contributed by atoms with Crippen molar-refractivity contribution in [1.29, 1.82) is 0 Å². The molecule has 0 bridgehead atoms. The quantitative estimate of drug-likeness (QED) is 0.725. The molecular weight excluding hydrogens is 306 g/mol. The van der Waals surface area contributed by atoms with Gasteiger partial charge in [0.2, 0.25) is 0 Å². The van der Waals surface area contributed by atoms with Crippen molar-refractivity contribution in [3.05, 3.63) is 42.5 Å². The topological polar surface area (TPSA) is 92.1 Å². The highest BCUT2D eigenvalue weighted by atomic mass is 16.3. The summed E-state index contributed by atoms with van der Waals surface area (Å²) in [5, 5.41) is 19.3. The summed E-state index contributed by atoms with van der Waals surface area (Å²) < 4.78 is 1.67. The molecule has 2 atom stereocenters. The average molecular weight is 331 g/mol. The second-order valence-electron chi connectivity index (χ2n) is 6.22. The standard InChI is InChI=1S/C17H25N5O2/c1-4-9-17(3,10-23)21-16(24)20-13(2)14-5-7-15(8-6-14)22-12-18-11-19-22/h5-8,11-13,23H,4,9-10H2,1-3H3,(H2,20,21,24). The van der Waals surface area contributed by atoms with Gasteiger partial charge in [-0.15, -0.1) is 0 Å². The Morgan fingerprint density at radius 2 is 2.08 bits per heavy atom. The number of carbonyl (C=O) groups is 1. The minimum Gasteiger partial charge on any atom is -0.394 e. The van der Waals surface area contributed by atoms with Gasteiger partial charge in [0.25, 0.3) is 0 Å². The zero-order chi connectivity index (χ0) is 17.6. The van der Waals surface area contributed by atoms with Crippen LogP contribution in [-0.4, -0.2) is 38.0 Å². The molecule has 2 unspecified atom stereocenters. The van der Waals surface area contributed by atoms with Crippen LogP contribution in [0, 0.1) is 0 Å². The van der Waals surface area contributed by atoms with Crippen LogP contribution < -0.4 is 10.6 Å². The van der Waals surface area contributed by atoms with E-state index in [4.69, 9.17) is 0 Å². The van der Waals surface area contributed by atoms with Crippen molar-refractivity contribution in [3.8, 4) is 5.69 Å². The number of hydrogen-bond acceptors (Lipinski definition) is 4. The predicted octanol–water partition coefficient (Wildman–Crippen LogP) is 2.18. The number of nitrogens with zero attached hydrogens (tertiary/aromatic N) is 3. The van der Waals surface area contributed by atoms with Crippen molar-refractivity contribution in [1.82, 2.24) is 25.4 Å². The van der Waals surface area contributed by atoms with Crippen molar-refractivity contribution >= 4 is 6.03 Å². The molecule has 0 saturated heterocycles. The molecule has 130 valence electrons. The first kappa shape index (κ1) is 17.9. The molecule has 1 aromatic heterocycles. The van der Waals surface area contributed by atoms with Gasteiger partial charge in [-0.25, -0.2) is 14.5 Å². The van der Waals surface area contributed by atoms with Crippen LogP contribution >= 0.6 is 0 Å². The van der Waals surface area contributed by atoms with Gasteiger partial charge in [0.05, 0.1) is 23.9 Å². The van der Waals surface area contributed by atoms with Crippen molar-refractivity contribution in [3.63, 3.8) is 0 Å². The van der Waals surface area contributed by atoms with Crippen LogP contribution in [0.4, 0.5) is 4.79 Å². The van der Waals surface area contributed by atoms with Gasteiger partial charge in [-0.1, -0.05) is 25.5 Å². The zero-order valence-electron chi connectivity index (χ0n) is 14.4. The number of rotatable bonds is 7. The highest BCUT2D eigenvalue weighted by Gasteiger charge is 2.25. The zero-order valence-corrected chi connectivity index (χ0v) is 14.4. The van der Waals surface area contributed by atoms with E-state index in [1.54, 1.807) is 11.0 Å². The number of carbonyl (C=O) groups excluding carboxylic acids is 1. The third-order valence-corrected chi connectivity index (χ3v) is 3.99. The van der Waals surface area contributed by atoms with Crippen molar-refractivity contribution in [2.75, 3.05) is 6.61 Å². The summed E-state index contributed by atoms with van der Waals surface area (Å²) in [5.74, 6) is 0. The van der Waals surface area contributed by atoms with E-state index in [9.17, 15) is 9.90 Å². The van der Waals surface area contributed by atoms with Crippen LogP contribution in [0.1, 0.15) is 45.2 Å². The Labute approximate surface area is 142 Å². The summed E-state index contributed by atoms with van der Waals surface area (Å²) in [6.07, 6.45) is 4.72. The van der Waals surface area contributed by atoms with Crippen LogP contribution in [-0.2, 0) is 0 Å². The van der Waals surface area contributed by atoms with E-state index in [0.717, 1.165) is 24.1 Å². The summed E-state index contributed by atoms with van der Waals surface area (Å²) in [6, 6.07) is 7.30. The lowest BCUT2D eigenvalue weighted by Crippen LogP contribution is -2.52. The van der Waals surface area contributed by atoms with Crippen LogP contribution in [0.3, 0.4) is 0 Å². The van der Waals surface area contributed by atoms with Gasteiger partial charge in [0.15, 0.2) is 0 Å². The van der Waals surface area contributed by atoms with Gasteiger partial charge in [0, 0.05) is 0 Å². The number of urea groups is 1. The molecule has 2 rings (SSSR count). The summed E-state index contributed by atoms with van der Waals surface area (Å²) in [6.45, 7) is 5.69. The van der Waals surface area contributed by atoms with Crippen LogP contribution in [0.25, 0.3) is 5.69 Å². The van der Waals surface area contributed by atoms with Crippen LogP contribution in [0.5, 0.6) is 0 Å². The Bertz CT molecular complexity index is 642. The molecule has 0 aliphatic rings. The highest BCUT2D eigenvalue weighted by Crippen LogP contribution is 2.16. The van der Waals surface area contributed by atoms with Gasteiger partial charge in [-0.05, 0) is 38.0 Å². The van der Waals surface area contributed by atoms with E-state index in [1.165, 1.54) is 6.33 Å². The molecule has 2 amide bonds. The molecule has 2 aromatic rings. The third kappa shape index (κ3) is 4.55. The Morgan fingerprint density at radius 3 is 2.62 bits per heavy atom. The second kappa shape index (κ2) is 7.92. The summed E-state index contributed by atoms with van der Waals surface area (Å²) in [4.78, 5) is 16.1.